The van der Waals surface area contributed by atoms with E-state index < -0.39 is 0 Å². The first-order valence-corrected chi connectivity index (χ1v) is 10.0. The van der Waals surface area contributed by atoms with E-state index in [0.29, 0.717) is 17.3 Å². The van der Waals surface area contributed by atoms with E-state index in [1.807, 2.05) is 35.8 Å². The third-order valence-corrected chi connectivity index (χ3v) is 5.26. The zero-order valence-corrected chi connectivity index (χ0v) is 17.1. The van der Waals surface area contributed by atoms with Gasteiger partial charge in [0.2, 0.25) is 5.91 Å². The molecule has 1 amide bonds. The molecule has 1 N–H and O–H groups in total. The van der Waals surface area contributed by atoms with Crippen LogP contribution in [0.5, 0.6) is 5.75 Å². The van der Waals surface area contributed by atoms with E-state index in [1.54, 1.807) is 25.4 Å². The second-order valence-corrected chi connectivity index (χ2v) is 7.15. The molecule has 1 aromatic carbocycles. The molecule has 0 saturated heterocycles. The number of halogens is 1. The van der Waals surface area contributed by atoms with Crippen LogP contribution < -0.4 is 10.1 Å². The quantitative estimate of drug-likeness (QED) is 0.444. The van der Waals surface area contributed by atoms with Crippen LogP contribution in [0, 0.1) is 0 Å². The molecule has 3 aromatic rings. The summed E-state index contributed by atoms with van der Waals surface area (Å²) in [4.78, 5) is 16.1. The van der Waals surface area contributed by atoms with Gasteiger partial charge in [-0.2, -0.15) is 0 Å². The monoisotopic (exact) mass is 417 g/mol. The van der Waals surface area contributed by atoms with Gasteiger partial charge in [-0.1, -0.05) is 35.5 Å². The molecule has 7 nitrogen and oxygen atoms in total. The molecule has 28 heavy (non-hydrogen) atoms. The molecule has 0 aliphatic heterocycles. The molecule has 0 atom stereocenters. The number of pyridine rings is 1. The highest BCUT2D eigenvalue weighted by Gasteiger charge is 2.14. The van der Waals surface area contributed by atoms with Crippen molar-refractivity contribution in [1.29, 1.82) is 0 Å². The fraction of sp³-hybridized carbons (Fsp3) is 0.263. The van der Waals surface area contributed by atoms with Gasteiger partial charge in [-0.05, 0) is 36.8 Å². The molecule has 0 bridgehead atoms. The Labute approximate surface area is 172 Å². The minimum absolute atomic E-state index is 0.178. The molecule has 0 unspecified atom stereocenters. The van der Waals surface area contributed by atoms with Crippen molar-refractivity contribution in [3.8, 4) is 5.75 Å². The summed E-state index contributed by atoms with van der Waals surface area (Å²) in [5, 5.41) is 12.3. The van der Waals surface area contributed by atoms with Gasteiger partial charge in [0.1, 0.15) is 11.6 Å². The first-order chi connectivity index (χ1) is 13.6. The van der Waals surface area contributed by atoms with E-state index >= 15 is 0 Å². The number of carbonyl (C=O) groups is 1. The van der Waals surface area contributed by atoms with Crippen LogP contribution in [0.1, 0.15) is 18.3 Å². The fourth-order valence-electron chi connectivity index (χ4n) is 2.60. The largest absolute Gasteiger partial charge is 0.497 e. The van der Waals surface area contributed by atoms with Crippen LogP contribution >= 0.6 is 23.4 Å². The first kappa shape index (κ1) is 20.2. The molecule has 2 heterocycles. The van der Waals surface area contributed by atoms with Crippen LogP contribution in [0.25, 0.3) is 0 Å². The molecule has 0 aliphatic rings. The highest BCUT2D eigenvalue weighted by atomic mass is 35.5. The maximum atomic E-state index is 12.2. The Morgan fingerprint density at radius 3 is 2.71 bits per heavy atom. The van der Waals surface area contributed by atoms with Crippen LogP contribution in [0.3, 0.4) is 0 Å². The number of hydrogen-bond acceptors (Lipinski definition) is 6. The summed E-state index contributed by atoms with van der Waals surface area (Å²) >= 11 is 7.30. The van der Waals surface area contributed by atoms with Gasteiger partial charge >= 0.3 is 0 Å². The predicted octanol–water partition coefficient (Wildman–Crippen LogP) is 3.68. The van der Waals surface area contributed by atoms with Gasteiger partial charge in [0, 0.05) is 19.2 Å². The third kappa shape index (κ3) is 5.02. The summed E-state index contributed by atoms with van der Waals surface area (Å²) in [6, 6.07) is 11.3. The topological polar surface area (TPSA) is 81.9 Å². The number of nitrogens with zero attached hydrogens (tertiary/aromatic N) is 4. The lowest BCUT2D eigenvalue weighted by Gasteiger charge is -2.08. The Morgan fingerprint density at radius 2 is 2.04 bits per heavy atom. The molecular formula is C19H20ClN5O2S. The number of nitrogens with one attached hydrogen (secondary N) is 1. The summed E-state index contributed by atoms with van der Waals surface area (Å²) in [6.07, 6.45) is 2.23. The van der Waals surface area contributed by atoms with Crippen LogP contribution in [-0.4, -0.2) is 38.5 Å². The van der Waals surface area contributed by atoms with Crippen molar-refractivity contribution in [2.75, 3.05) is 18.2 Å². The summed E-state index contributed by atoms with van der Waals surface area (Å²) in [6.45, 7) is 2.75. The van der Waals surface area contributed by atoms with Crippen molar-refractivity contribution in [3.63, 3.8) is 0 Å². The number of benzene rings is 1. The molecule has 2 aromatic heterocycles. The van der Waals surface area contributed by atoms with Gasteiger partial charge in [-0.15, -0.1) is 10.2 Å². The van der Waals surface area contributed by atoms with Gasteiger partial charge in [0.05, 0.1) is 18.6 Å². The van der Waals surface area contributed by atoms with E-state index in [9.17, 15) is 4.79 Å². The maximum Gasteiger partial charge on any atom is 0.234 e. The van der Waals surface area contributed by atoms with E-state index in [2.05, 4.69) is 20.5 Å². The lowest BCUT2D eigenvalue weighted by molar-refractivity contribution is -0.113. The molecule has 3 rings (SSSR count). The summed E-state index contributed by atoms with van der Waals surface area (Å²) in [5.74, 6) is 1.69. The molecule has 9 heteroatoms. The van der Waals surface area contributed by atoms with Gasteiger partial charge in [-0.25, -0.2) is 4.98 Å². The minimum Gasteiger partial charge on any atom is -0.497 e. The van der Waals surface area contributed by atoms with E-state index in [4.69, 9.17) is 16.3 Å². The van der Waals surface area contributed by atoms with Crippen LogP contribution in [0.15, 0.2) is 47.8 Å². The van der Waals surface area contributed by atoms with E-state index in [1.165, 1.54) is 11.8 Å². The summed E-state index contributed by atoms with van der Waals surface area (Å²) in [5.41, 5.74) is 1.61. The van der Waals surface area contributed by atoms with Crippen molar-refractivity contribution >= 4 is 35.0 Å². The normalized spacial score (nSPS) is 10.7. The van der Waals surface area contributed by atoms with Crippen LogP contribution in [-0.2, 0) is 17.8 Å². The molecule has 0 fully saturated rings. The molecule has 0 radical (unpaired) electrons. The SMILES string of the molecule is CCn1c(Cc2ccc(OC)cc2)nnc1SCC(=O)Nc1cccnc1Cl. The third-order valence-electron chi connectivity index (χ3n) is 4.00. The van der Waals surface area contributed by atoms with E-state index in [-0.39, 0.29) is 16.8 Å². The number of hydrogen-bond donors (Lipinski definition) is 1. The molecule has 0 spiro atoms. The lowest BCUT2D eigenvalue weighted by atomic mass is 10.1. The number of aromatic nitrogens is 4. The number of ether oxygens (including phenoxy) is 1. The minimum atomic E-state index is -0.178. The van der Waals surface area contributed by atoms with Crippen LogP contribution in [0.2, 0.25) is 5.15 Å². The number of rotatable bonds is 8. The Bertz CT molecular complexity index is 946. The molecule has 146 valence electrons. The second kappa shape index (κ2) is 9.57. The molecular weight excluding hydrogens is 398 g/mol. The predicted molar refractivity (Wildman–Crippen MR) is 110 cm³/mol. The summed E-state index contributed by atoms with van der Waals surface area (Å²) in [7, 11) is 1.64. The fourth-order valence-corrected chi connectivity index (χ4v) is 3.58. The standard InChI is InChI=1S/C19H20ClN5O2S/c1-3-25-16(11-13-6-8-14(27-2)9-7-13)23-24-19(25)28-12-17(26)22-15-5-4-10-21-18(15)20/h4-10H,3,11-12H2,1-2H3,(H,22,26). The van der Waals surface area contributed by atoms with Gasteiger partial charge in [0.25, 0.3) is 0 Å². The number of thioether (sulfide) groups is 1. The average Bonchev–Trinajstić information content (AvgIpc) is 3.10. The van der Waals surface area contributed by atoms with Crippen LogP contribution in [0.4, 0.5) is 5.69 Å². The van der Waals surface area contributed by atoms with Gasteiger partial charge in [0.15, 0.2) is 10.3 Å². The maximum absolute atomic E-state index is 12.2. The number of methoxy groups -OCH3 is 1. The Balaban J connectivity index is 1.63. The first-order valence-electron chi connectivity index (χ1n) is 8.69. The Morgan fingerprint density at radius 1 is 1.25 bits per heavy atom. The van der Waals surface area contributed by atoms with Crippen molar-refractivity contribution in [1.82, 2.24) is 19.7 Å². The zero-order chi connectivity index (χ0) is 19.9. The van der Waals surface area contributed by atoms with Gasteiger partial charge in [-0.3, -0.25) is 4.79 Å². The van der Waals surface area contributed by atoms with Crippen molar-refractivity contribution in [2.45, 2.75) is 25.0 Å². The number of anilines is 1. The molecule has 0 saturated carbocycles. The zero-order valence-electron chi connectivity index (χ0n) is 15.6. The Hall–Kier alpha value is -2.58. The highest BCUT2D eigenvalue weighted by molar-refractivity contribution is 7.99. The highest BCUT2D eigenvalue weighted by Crippen LogP contribution is 2.21. The van der Waals surface area contributed by atoms with Crippen molar-refractivity contribution in [2.24, 2.45) is 0 Å². The van der Waals surface area contributed by atoms with Crippen molar-refractivity contribution in [3.05, 3.63) is 59.1 Å². The van der Waals surface area contributed by atoms with Gasteiger partial charge < -0.3 is 14.6 Å². The number of carbonyl (C=O) groups excluding carboxylic acids is 1. The summed E-state index contributed by atoms with van der Waals surface area (Å²) < 4.78 is 7.20. The molecule has 0 aliphatic carbocycles. The lowest BCUT2D eigenvalue weighted by Crippen LogP contribution is -2.15. The Kier molecular flexibility index (Phi) is 6.89. The second-order valence-electron chi connectivity index (χ2n) is 5.85. The smallest absolute Gasteiger partial charge is 0.234 e. The van der Waals surface area contributed by atoms with E-state index in [0.717, 1.165) is 23.7 Å². The van der Waals surface area contributed by atoms with Crippen molar-refractivity contribution < 1.29 is 9.53 Å². The average molecular weight is 418 g/mol. The number of amides is 1.